The smallest absolute Gasteiger partial charge is 0.225 e. The van der Waals surface area contributed by atoms with Crippen LogP contribution >= 0.6 is 0 Å². The summed E-state index contributed by atoms with van der Waals surface area (Å²) in [5, 5.41) is 0. The first-order valence-corrected chi connectivity index (χ1v) is 7.66. The van der Waals surface area contributed by atoms with Crippen LogP contribution in [0.4, 0.5) is 0 Å². The Morgan fingerprint density at radius 2 is 1.89 bits per heavy atom. The van der Waals surface area contributed by atoms with Gasteiger partial charge in [-0.25, -0.2) is 0 Å². The topological polar surface area (TPSA) is 46.3 Å². The Kier molecular flexibility index (Phi) is 4.66. The summed E-state index contributed by atoms with van der Waals surface area (Å²) in [6.45, 7) is 6.05. The van der Waals surface area contributed by atoms with Crippen molar-refractivity contribution < 1.29 is 4.79 Å². The number of nitrogens with two attached hydrogens (primary N) is 1. The fourth-order valence-electron chi connectivity index (χ4n) is 3.67. The first kappa shape index (κ1) is 13.9. The van der Waals surface area contributed by atoms with Crippen LogP contribution in [0.3, 0.4) is 0 Å². The highest BCUT2D eigenvalue weighted by Gasteiger charge is 2.36. The molecule has 0 aromatic carbocycles. The molecule has 2 atom stereocenters. The van der Waals surface area contributed by atoms with E-state index in [1.165, 1.54) is 19.3 Å². The van der Waals surface area contributed by atoms with Gasteiger partial charge in [-0.2, -0.15) is 0 Å². The molecule has 104 valence electrons. The number of likely N-dealkylation sites (tertiary alicyclic amines) is 1. The second-order valence-electron chi connectivity index (χ2n) is 6.30. The van der Waals surface area contributed by atoms with E-state index in [2.05, 4.69) is 18.7 Å². The van der Waals surface area contributed by atoms with Gasteiger partial charge in [0.25, 0.3) is 0 Å². The number of hydrogen-bond acceptors (Lipinski definition) is 2. The fraction of sp³-hybridized carbons (Fsp3) is 0.933. The number of carbonyl (C=O) groups is 1. The van der Waals surface area contributed by atoms with Crippen LogP contribution in [-0.4, -0.2) is 29.9 Å². The van der Waals surface area contributed by atoms with Crippen molar-refractivity contribution in [1.82, 2.24) is 4.90 Å². The van der Waals surface area contributed by atoms with Gasteiger partial charge < -0.3 is 10.6 Å². The van der Waals surface area contributed by atoms with Gasteiger partial charge in [-0.05, 0) is 57.4 Å². The predicted molar refractivity (Wildman–Crippen MR) is 74.1 cm³/mol. The Balaban J connectivity index is 1.88. The third-order valence-electron chi connectivity index (χ3n) is 5.05. The summed E-state index contributed by atoms with van der Waals surface area (Å²) in [5.74, 6) is 2.09. The van der Waals surface area contributed by atoms with E-state index in [1.807, 2.05) is 0 Å². The Bertz CT molecular complexity index is 284. The maximum absolute atomic E-state index is 12.6. The van der Waals surface area contributed by atoms with Crippen LogP contribution in [0, 0.1) is 17.8 Å². The molecule has 0 aromatic rings. The molecule has 2 fully saturated rings. The maximum Gasteiger partial charge on any atom is 0.225 e. The van der Waals surface area contributed by atoms with Gasteiger partial charge in [-0.1, -0.05) is 13.3 Å². The van der Waals surface area contributed by atoms with Crippen molar-refractivity contribution in [2.24, 2.45) is 23.5 Å². The lowest BCUT2D eigenvalue weighted by Gasteiger charge is -2.31. The zero-order valence-corrected chi connectivity index (χ0v) is 11.9. The van der Waals surface area contributed by atoms with Gasteiger partial charge in [-0.15, -0.1) is 0 Å². The zero-order valence-electron chi connectivity index (χ0n) is 11.9. The summed E-state index contributed by atoms with van der Waals surface area (Å²) in [5.41, 5.74) is 5.74. The Hall–Kier alpha value is -0.570. The van der Waals surface area contributed by atoms with Crippen molar-refractivity contribution in [2.75, 3.05) is 13.1 Å². The van der Waals surface area contributed by atoms with E-state index in [9.17, 15) is 4.79 Å². The lowest BCUT2D eigenvalue weighted by atomic mass is 9.80. The second-order valence-corrected chi connectivity index (χ2v) is 6.30. The quantitative estimate of drug-likeness (QED) is 0.838. The molecule has 1 heterocycles. The van der Waals surface area contributed by atoms with Gasteiger partial charge in [0, 0.05) is 18.5 Å². The summed E-state index contributed by atoms with van der Waals surface area (Å²) >= 11 is 0. The largest absolute Gasteiger partial charge is 0.339 e. The molecule has 1 aliphatic carbocycles. The summed E-state index contributed by atoms with van der Waals surface area (Å²) in [4.78, 5) is 14.7. The van der Waals surface area contributed by atoms with E-state index in [0.717, 1.165) is 38.3 Å². The maximum atomic E-state index is 12.6. The second kappa shape index (κ2) is 6.05. The molecule has 0 radical (unpaired) electrons. The van der Waals surface area contributed by atoms with E-state index in [1.54, 1.807) is 0 Å². The van der Waals surface area contributed by atoms with Gasteiger partial charge in [0.15, 0.2) is 0 Å². The number of nitrogens with zero attached hydrogens (tertiary/aromatic N) is 1. The van der Waals surface area contributed by atoms with E-state index in [-0.39, 0.29) is 0 Å². The number of carbonyl (C=O) groups excluding carboxylic acids is 1. The van der Waals surface area contributed by atoms with Gasteiger partial charge in [0.05, 0.1) is 0 Å². The highest BCUT2D eigenvalue weighted by molar-refractivity contribution is 5.79. The van der Waals surface area contributed by atoms with Gasteiger partial charge >= 0.3 is 0 Å². The van der Waals surface area contributed by atoms with E-state index < -0.39 is 0 Å². The average Bonchev–Trinajstić information content (AvgIpc) is 2.79. The lowest BCUT2D eigenvalue weighted by molar-refractivity contribution is -0.137. The molecule has 2 N–H and O–H groups in total. The molecular formula is C15H28N2O. The van der Waals surface area contributed by atoms with Crippen LogP contribution in [0.25, 0.3) is 0 Å². The number of hydrogen-bond donors (Lipinski definition) is 1. The minimum Gasteiger partial charge on any atom is -0.339 e. The lowest BCUT2D eigenvalue weighted by Crippen LogP contribution is -2.40. The molecule has 3 nitrogen and oxygen atoms in total. The van der Waals surface area contributed by atoms with Crippen LogP contribution in [0.2, 0.25) is 0 Å². The molecule has 2 unspecified atom stereocenters. The zero-order chi connectivity index (χ0) is 13.1. The van der Waals surface area contributed by atoms with Crippen molar-refractivity contribution in [3.8, 4) is 0 Å². The van der Waals surface area contributed by atoms with E-state index in [0.29, 0.717) is 23.8 Å². The molecule has 0 spiro atoms. The molecule has 18 heavy (non-hydrogen) atoms. The highest BCUT2D eigenvalue weighted by Crippen LogP contribution is 2.33. The predicted octanol–water partition coefficient (Wildman–Crippen LogP) is 2.40. The fourth-order valence-corrected chi connectivity index (χ4v) is 3.67. The summed E-state index contributed by atoms with van der Waals surface area (Å²) in [7, 11) is 0. The molecule has 0 bridgehead atoms. The summed E-state index contributed by atoms with van der Waals surface area (Å²) < 4.78 is 0. The molecule has 1 amide bonds. The molecule has 3 heteroatoms. The van der Waals surface area contributed by atoms with Gasteiger partial charge in [-0.3, -0.25) is 4.79 Å². The molecule has 1 saturated heterocycles. The Morgan fingerprint density at radius 1 is 1.22 bits per heavy atom. The third kappa shape index (κ3) is 2.87. The van der Waals surface area contributed by atoms with Gasteiger partial charge in [0.1, 0.15) is 0 Å². The summed E-state index contributed by atoms with van der Waals surface area (Å²) in [6.07, 6.45) is 7.06. The van der Waals surface area contributed by atoms with E-state index in [4.69, 9.17) is 5.73 Å². The minimum atomic E-state index is 0.298. The van der Waals surface area contributed by atoms with Crippen molar-refractivity contribution in [2.45, 2.75) is 58.4 Å². The first-order chi connectivity index (χ1) is 8.65. The molecule has 2 aliphatic rings. The SMILES string of the molecule is CCC1CCC(C(=O)N2CC(CN)CC2C)CC1. The first-order valence-electron chi connectivity index (χ1n) is 7.66. The summed E-state index contributed by atoms with van der Waals surface area (Å²) in [6, 6.07) is 0.398. The monoisotopic (exact) mass is 252 g/mol. The standard InChI is InChI=1S/C15H28N2O/c1-3-12-4-6-14(7-5-12)15(18)17-10-13(9-16)8-11(17)2/h11-14H,3-10,16H2,1-2H3. The number of amides is 1. The van der Waals surface area contributed by atoms with Crippen LogP contribution < -0.4 is 5.73 Å². The molecule has 1 saturated carbocycles. The van der Waals surface area contributed by atoms with Crippen LogP contribution in [0.15, 0.2) is 0 Å². The molecule has 2 rings (SSSR count). The van der Waals surface area contributed by atoms with Crippen molar-refractivity contribution in [3.05, 3.63) is 0 Å². The Morgan fingerprint density at radius 3 is 2.39 bits per heavy atom. The average molecular weight is 252 g/mol. The van der Waals surface area contributed by atoms with E-state index >= 15 is 0 Å². The third-order valence-corrected chi connectivity index (χ3v) is 5.05. The van der Waals surface area contributed by atoms with Crippen molar-refractivity contribution in [3.63, 3.8) is 0 Å². The Labute approximate surface area is 111 Å². The van der Waals surface area contributed by atoms with Crippen LogP contribution in [0.1, 0.15) is 52.4 Å². The van der Waals surface area contributed by atoms with Crippen molar-refractivity contribution in [1.29, 1.82) is 0 Å². The molecular weight excluding hydrogens is 224 g/mol. The van der Waals surface area contributed by atoms with Crippen LogP contribution in [0.5, 0.6) is 0 Å². The minimum absolute atomic E-state index is 0.298. The number of rotatable bonds is 3. The van der Waals surface area contributed by atoms with Crippen LogP contribution in [-0.2, 0) is 4.79 Å². The highest BCUT2D eigenvalue weighted by atomic mass is 16.2. The molecule has 1 aliphatic heterocycles. The van der Waals surface area contributed by atoms with Gasteiger partial charge in [0.2, 0.25) is 5.91 Å². The van der Waals surface area contributed by atoms with Crippen molar-refractivity contribution >= 4 is 5.91 Å². The molecule has 0 aromatic heterocycles. The normalized spacial score (nSPS) is 36.9.